The fourth-order valence-corrected chi connectivity index (χ4v) is 0.753. The molecule has 0 bridgehead atoms. The first-order chi connectivity index (χ1) is 5.52. The molecule has 12 heavy (non-hydrogen) atoms. The van der Waals surface area contributed by atoms with Crippen molar-refractivity contribution < 1.29 is 4.79 Å². The quantitative estimate of drug-likeness (QED) is 0.695. The minimum absolute atomic E-state index is 0.156. The molecule has 1 saturated carbocycles. The molecule has 72 valence electrons. The zero-order valence-electron chi connectivity index (χ0n) is 8.47. The number of amides is 1. The summed E-state index contributed by atoms with van der Waals surface area (Å²) >= 11 is 0. The van der Waals surface area contributed by atoms with Crippen molar-refractivity contribution in [2.24, 2.45) is 17.6 Å². The average molecular weight is 171 g/mol. The Kier molecular flexibility index (Phi) is 5.77. The highest BCUT2D eigenvalue weighted by molar-refractivity contribution is 5.73. The van der Waals surface area contributed by atoms with Gasteiger partial charge in [0.2, 0.25) is 5.91 Å². The highest BCUT2D eigenvalue weighted by atomic mass is 16.1. The van der Waals surface area contributed by atoms with E-state index in [0.29, 0.717) is 6.42 Å². The van der Waals surface area contributed by atoms with Gasteiger partial charge in [0.1, 0.15) is 0 Å². The lowest BCUT2D eigenvalue weighted by atomic mass is 10.2. The molecular weight excluding hydrogens is 150 g/mol. The maximum Gasteiger partial charge on any atom is 0.217 e. The minimum Gasteiger partial charge on any atom is -0.370 e. The van der Waals surface area contributed by atoms with Crippen molar-refractivity contribution in [2.45, 2.75) is 46.5 Å². The zero-order valence-corrected chi connectivity index (χ0v) is 8.47. The second kappa shape index (κ2) is 6.04. The van der Waals surface area contributed by atoms with Gasteiger partial charge in [-0.15, -0.1) is 0 Å². The topological polar surface area (TPSA) is 43.1 Å². The Balaban J connectivity index is 0.000000261. The summed E-state index contributed by atoms with van der Waals surface area (Å²) in [7, 11) is 0. The van der Waals surface area contributed by atoms with Crippen LogP contribution in [0, 0.1) is 11.8 Å². The highest BCUT2D eigenvalue weighted by Crippen LogP contribution is 2.33. The molecule has 0 saturated heterocycles. The maximum absolute atomic E-state index is 10.2. The summed E-state index contributed by atoms with van der Waals surface area (Å²) in [5.74, 6) is 1.51. The molecule has 0 aliphatic heterocycles. The predicted octanol–water partition coefficient (Wildman–Crippen LogP) is 2.32. The molecule has 0 unspecified atom stereocenters. The normalized spacial score (nSPS) is 15.3. The molecule has 1 aliphatic carbocycles. The number of carbonyl (C=O) groups excluding carboxylic acids is 1. The van der Waals surface area contributed by atoms with E-state index < -0.39 is 0 Å². The summed E-state index contributed by atoms with van der Waals surface area (Å²) in [6, 6.07) is 0. The fraction of sp³-hybridized carbons (Fsp3) is 0.900. The summed E-state index contributed by atoms with van der Waals surface area (Å²) < 4.78 is 0. The van der Waals surface area contributed by atoms with Gasteiger partial charge in [-0.25, -0.2) is 0 Å². The fourth-order valence-electron chi connectivity index (χ4n) is 0.753. The molecule has 0 radical (unpaired) electrons. The molecule has 0 aromatic carbocycles. The van der Waals surface area contributed by atoms with E-state index in [2.05, 4.69) is 20.8 Å². The van der Waals surface area contributed by atoms with Crippen LogP contribution in [0.2, 0.25) is 0 Å². The van der Waals surface area contributed by atoms with Crippen molar-refractivity contribution in [1.29, 1.82) is 0 Å². The third-order valence-electron chi connectivity index (χ3n) is 1.50. The predicted molar refractivity (Wildman–Crippen MR) is 51.7 cm³/mol. The van der Waals surface area contributed by atoms with Gasteiger partial charge in [-0.3, -0.25) is 4.79 Å². The van der Waals surface area contributed by atoms with E-state index in [9.17, 15) is 4.79 Å². The molecule has 1 rings (SSSR count). The van der Waals surface area contributed by atoms with Gasteiger partial charge in [0, 0.05) is 6.42 Å². The molecular formula is C10H21NO. The van der Waals surface area contributed by atoms with Crippen LogP contribution >= 0.6 is 0 Å². The standard InChI is InChI=1S/C6H11NO.C4H10/c7-6(8)4-3-5-1-2-5;1-4(2)3/h5H,1-4H2,(H2,7,8);4H,1-3H3. The van der Waals surface area contributed by atoms with Gasteiger partial charge in [-0.05, 0) is 18.3 Å². The van der Waals surface area contributed by atoms with Gasteiger partial charge in [0.15, 0.2) is 0 Å². The number of hydrogen-bond donors (Lipinski definition) is 1. The maximum atomic E-state index is 10.2. The monoisotopic (exact) mass is 171 g/mol. The van der Waals surface area contributed by atoms with Crippen LogP contribution in [0.25, 0.3) is 0 Å². The molecule has 0 spiro atoms. The smallest absolute Gasteiger partial charge is 0.217 e. The van der Waals surface area contributed by atoms with E-state index >= 15 is 0 Å². The molecule has 2 heteroatoms. The zero-order chi connectivity index (χ0) is 9.56. The average Bonchev–Trinajstić information content (AvgIpc) is 2.63. The van der Waals surface area contributed by atoms with Crippen LogP contribution in [-0.4, -0.2) is 5.91 Å². The van der Waals surface area contributed by atoms with E-state index in [4.69, 9.17) is 5.73 Å². The second-order valence-electron chi connectivity index (χ2n) is 4.18. The minimum atomic E-state index is -0.156. The molecule has 0 heterocycles. The van der Waals surface area contributed by atoms with E-state index in [1.807, 2.05) is 0 Å². The van der Waals surface area contributed by atoms with Gasteiger partial charge in [0.05, 0.1) is 0 Å². The van der Waals surface area contributed by atoms with E-state index in [0.717, 1.165) is 18.3 Å². The number of hydrogen-bond acceptors (Lipinski definition) is 1. The first-order valence-electron chi connectivity index (χ1n) is 4.80. The van der Waals surface area contributed by atoms with Gasteiger partial charge >= 0.3 is 0 Å². The number of nitrogens with two attached hydrogens (primary N) is 1. The SMILES string of the molecule is CC(C)C.NC(=O)CCC1CC1. The molecule has 1 fully saturated rings. The lowest BCUT2D eigenvalue weighted by Crippen LogP contribution is -2.09. The van der Waals surface area contributed by atoms with Gasteiger partial charge in [-0.2, -0.15) is 0 Å². The summed E-state index contributed by atoms with van der Waals surface area (Å²) in [5.41, 5.74) is 4.93. The van der Waals surface area contributed by atoms with Crippen molar-refractivity contribution in [3.05, 3.63) is 0 Å². The third kappa shape index (κ3) is 12.2. The van der Waals surface area contributed by atoms with Gasteiger partial charge < -0.3 is 5.73 Å². The van der Waals surface area contributed by atoms with E-state index in [1.54, 1.807) is 0 Å². The molecule has 0 aromatic rings. The summed E-state index contributed by atoms with van der Waals surface area (Å²) in [4.78, 5) is 10.2. The van der Waals surface area contributed by atoms with Crippen LogP contribution in [-0.2, 0) is 4.79 Å². The largest absolute Gasteiger partial charge is 0.370 e. The molecule has 2 nitrogen and oxygen atoms in total. The first-order valence-corrected chi connectivity index (χ1v) is 4.80. The molecule has 2 N–H and O–H groups in total. The Hall–Kier alpha value is -0.530. The van der Waals surface area contributed by atoms with Gasteiger partial charge in [-0.1, -0.05) is 33.6 Å². The van der Waals surface area contributed by atoms with E-state index in [-0.39, 0.29) is 5.91 Å². The van der Waals surface area contributed by atoms with Crippen LogP contribution in [0.15, 0.2) is 0 Å². The number of primary amides is 1. The number of rotatable bonds is 3. The van der Waals surface area contributed by atoms with Gasteiger partial charge in [0.25, 0.3) is 0 Å². The Morgan fingerprint density at radius 2 is 1.83 bits per heavy atom. The summed E-state index contributed by atoms with van der Waals surface area (Å²) in [5, 5.41) is 0. The Morgan fingerprint density at radius 1 is 1.42 bits per heavy atom. The molecule has 1 amide bonds. The Morgan fingerprint density at radius 3 is 2.08 bits per heavy atom. The van der Waals surface area contributed by atoms with Crippen LogP contribution in [0.1, 0.15) is 46.5 Å². The first kappa shape index (κ1) is 11.5. The van der Waals surface area contributed by atoms with Crippen molar-refractivity contribution in [3.8, 4) is 0 Å². The van der Waals surface area contributed by atoms with Crippen LogP contribution in [0.3, 0.4) is 0 Å². The van der Waals surface area contributed by atoms with Crippen LogP contribution in [0.5, 0.6) is 0 Å². The van der Waals surface area contributed by atoms with Crippen LogP contribution in [0.4, 0.5) is 0 Å². The van der Waals surface area contributed by atoms with Crippen molar-refractivity contribution in [2.75, 3.05) is 0 Å². The van der Waals surface area contributed by atoms with Crippen molar-refractivity contribution in [3.63, 3.8) is 0 Å². The van der Waals surface area contributed by atoms with Crippen molar-refractivity contribution >= 4 is 5.91 Å². The third-order valence-corrected chi connectivity index (χ3v) is 1.50. The van der Waals surface area contributed by atoms with Crippen molar-refractivity contribution in [1.82, 2.24) is 0 Å². The molecule has 0 aromatic heterocycles. The molecule has 0 atom stereocenters. The number of carbonyl (C=O) groups is 1. The second-order valence-corrected chi connectivity index (χ2v) is 4.18. The Labute approximate surface area is 75.5 Å². The summed E-state index contributed by atoms with van der Waals surface area (Å²) in [6.07, 6.45) is 4.24. The lowest BCUT2D eigenvalue weighted by molar-refractivity contribution is -0.118. The Bertz CT molecular complexity index is 125. The molecule has 1 aliphatic rings. The highest BCUT2D eigenvalue weighted by Gasteiger charge is 2.20. The van der Waals surface area contributed by atoms with Crippen LogP contribution < -0.4 is 5.73 Å². The van der Waals surface area contributed by atoms with E-state index in [1.165, 1.54) is 12.8 Å². The lowest BCUT2D eigenvalue weighted by Gasteiger charge is -1.89. The summed E-state index contributed by atoms with van der Waals surface area (Å²) in [6.45, 7) is 6.50.